The number of aromatic nitrogens is 3. The van der Waals surface area contributed by atoms with Crippen molar-refractivity contribution in [3.05, 3.63) is 74.9 Å². The van der Waals surface area contributed by atoms with Crippen molar-refractivity contribution < 1.29 is 9.90 Å². The number of carbonyl (C=O) groups is 1. The molecular weight excluding hydrogens is 453 g/mol. The Hall–Kier alpha value is -3.49. The summed E-state index contributed by atoms with van der Waals surface area (Å²) in [6.07, 6.45) is 5.99. The lowest BCUT2D eigenvalue weighted by Gasteiger charge is -2.11. The number of aromatic amines is 1. The monoisotopic (exact) mass is 471 g/mol. The Labute approximate surface area is 192 Å². The number of aryl methyl sites for hydroxylation is 1. The van der Waals surface area contributed by atoms with Crippen LogP contribution in [-0.2, 0) is 6.54 Å². The van der Waals surface area contributed by atoms with E-state index in [9.17, 15) is 14.7 Å². The van der Waals surface area contributed by atoms with Gasteiger partial charge in [0.2, 0.25) is 5.43 Å². The number of nitrogens with zero attached hydrogens (tertiary/aromatic N) is 2. The molecule has 0 atom stereocenters. The van der Waals surface area contributed by atoms with E-state index in [-0.39, 0.29) is 32.7 Å². The molecule has 2 heterocycles. The largest absolute Gasteiger partial charge is 0.503 e. The maximum atomic E-state index is 12.8. The first kappa shape index (κ1) is 21.7. The van der Waals surface area contributed by atoms with Gasteiger partial charge in [-0.1, -0.05) is 23.2 Å². The minimum absolute atomic E-state index is 0.156. The summed E-state index contributed by atoms with van der Waals surface area (Å²) in [7, 11) is 0. The molecular formula is C22H19Cl2N5O3. The number of aromatic hydroxyl groups is 1. The lowest BCUT2D eigenvalue weighted by atomic mass is 10.1. The topological polar surface area (TPSA) is 126 Å². The molecule has 0 spiro atoms. The van der Waals surface area contributed by atoms with Gasteiger partial charge < -0.3 is 25.7 Å². The number of imidazole rings is 1. The van der Waals surface area contributed by atoms with E-state index < -0.39 is 11.2 Å². The Morgan fingerprint density at radius 2 is 1.97 bits per heavy atom. The molecule has 0 aliphatic carbocycles. The molecule has 8 nitrogen and oxygen atoms in total. The first-order valence-electron chi connectivity index (χ1n) is 9.73. The van der Waals surface area contributed by atoms with Gasteiger partial charge in [0.1, 0.15) is 0 Å². The van der Waals surface area contributed by atoms with Crippen LogP contribution in [0.25, 0.3) is 22.2 Å². The molecule has 1 amide bonds. The predicted molar refractivity (Wildman–Crippen MR) is 125 cm³/mol. The van der Waals surface area contributed by atoms with E-state index in [4.69, 9.17) is 28.9 Å². The van der Waals surface area contributed by atoms with Crippen molar-refractivity contribution in [3.8, 4) is 17.0 Å². The second-order valence-corrected chi connectivity index (χ2v) is 8.02. The van der Waals surface area contributed by atoms with Crippen LogP contribution >= 0.6 is 23.2 Å². The van der Waals surface area contributed by atoms with Crippen LogP contribution in [0.3, 0.4) is 0 Å². The van der Waals surface area contributed by atoms with Crippen molar-refractivity contribution in [1.82, 2.24) is 19.9 Å². The number of nitrogen functional groups attached to an aromatic ring is 1. The molecule has 32 heavy (non-hydrogen) atoms. The number of halogens is 2. The number of anilines is 1. The Bertz CT molecular complexity index is 1340. The first-order valence-corrected chi connectivity index (χ1v) is 10.5. The van der Waals surface area contributed by atoms with E-state index in [1.807, 2.05) is 10.8 Å². The summed E-state index contributed by atoms with van der Waals surface area (Å²) in [5.41, 5.74) is 6.68. The number of hydrogen-bond donors (Lipinski definition) is 4. The van der Waals surface area contributed by atoms with Crippen molar-refractivity contribution in [2.75, 3.05) is 12.3 Å². The number of fused-ring (bicyclic) bond motifs is 1. The highest BCUT2D eigenvalue weighted by atomic mass is 35.5. The van der Waals surface area contributed by atoms with Crippen molar-refractivity contribution >= 4 is 45.7 Å². The molecule has 4 rings (SSSR count). The minimum Gasteiger partial charge on any atom is -0.503 e. The van der Waals surface area contributed by atoms with Crippen LogP contribution in [-0.4, -0.2) is 32.1 Å². The molecule has 164 valence electrons. The standard InChI is InChI=1S/C22H19Cl2N5O3/c23-15-9-13(10-16(24)18(15)25)19-21(31)20(30)14-8-12(2-3-17(14)28-19)22(32)27-4-1-6-29-7-5-26-11-29/h2-3,5,7-11,31H,1,4,6,25H2,(H,27,32)(H,28,30). The van der Waals surface area contributed by atoms with Gasteiger partial charge in [-0.05, 0) is 36.8 Å². The molecule has 2 aromatic heterocycles. The molecule has 0 fully saturated rings. The highest BCUT2D eigenvalue weighted by Gasteiger charge is 2.16. The molecule has 0 radical (unpaired) electrons. The number of benzene rings is 2. The molecule has 0 unspecified atom stereocenters. The Kier molecular flexibility index (Phi) is 6.07. The summed E-state index contributed by atoms with van der Waals surface area (Å²) in [4.78, 5) is 32.3. The van der Waals surface area contributed by atoms with Crippen LogP contribution in [0.1, 0.15) is 16.8 Å². The third-order valence-corrected chi connectivity index (χ3v) is 5.67. The van der Waals surface area contributed by atoms with Gasteiger partial charge in [0.15, 0.2) is 5.75 Å². The molecule has 0 saturated carbocycles. The zero-order chi connectivity index (χ0) is 22.8. The molecule has 2 aromatic carbocycles. The average Bonchev–Trinajstić information content (AvgIpc) is 3.30. The van der Waals surface area contributed by atoms with Crippen molar-refractivity contribution in [3.63, 3.8) is 0 Å². The van der Waals surface area contributed by atoms with E-state index >= 15 is 0 Å². The zero-order valence-electron chi connectivity index (χ0n) is 16.7. The summed E-state index contributed by atoms with van der Waals surface area (Å²) in [5, 5.41) is 13.9. The van der Waals surface area contributed by atoms with Gasteiger partial charge in [0.25, 0.3) is 5.91 Å². The SMILES string of the molecule is Nc1c(Cl)cc(-c2[nH]c3ccc(C(=O)NCCCn4ccnc4)cc3c(=O)c2O)cc1Cl. The van der Waals surface area contributed by atoms with E-state index in [0.29, 0.717) is 23.2 Å². The second kappa shape index (κ2) is 8.94. The average molecular weight is 472 g/mol. The van der Waals surface area contributed by atoms with E-state index in [0.717, 1.165) is 13.0 Å². The first-order chi connectivity index (χ1) is 15.3. The molecule has 0 saturated heterocycles. The summed E-state index contributed by atoms with van der Waals surface area (Å²) in [6, 6.07) is 7.68. The number of nitrogens with two attached hydrogens (primary N) is 1. The highest BCUT2D eigenvalue weighted by molar-refractivity contribution is 6.39. The number of rotatable bonds is 6. The van der Waals surface area contributed by atoms with Crippen LogP contribution in [0.5, 0.6) is 5.75 Å². The highest BCUT2D eigenvalue weighted by Crippen LogP contribution is 2.35. The lowest BCUT2D eigenvalue weighted by Crippen LogP contribution is -2.25. The number of amides is 1. The summed E-state index contributed by atoms with van der Waals surface area (Å²) >= 11 is 12.2. The van der Waals surface area contributed by atoms with Crippen molar-refractivity contribution in [2.24, 2.45) is 0 Å². The summed E-state index contributed by atoms with van der Waals surface area (Å²) in [5.74, 6) is -0.815. The van der Waals surface area contributed by atoms with Crippen LogP contribution in [0, 0.1) is 0 Å². The number of pyridine rings is 1. The van der Waals surface area contributed by atoms with Crippen molar-refractivity contribution in [2.45, 2.75) is 13.0 Å². The number of H-pyrrole nitrogens is 1. The number of carbonyl (C=O) groups excluding carboxylic acids is 1. The van der Waals surface area contributed by atoms with E-state index in [1.54, 1.807) is 24.7 Å². The quantitative estimate of drug-likeness (QED) is 0.251. The van der Waals surface area contributed by atoms with Crippen molar-refractivity contribution in [1.29, 1.82) is 0 Å². The van der Waals surface area contributed by atoms with Gasteiger partial charge in [0.05, 0.1) is 38.7 Å². The van der Waals surface area contributed by atoms with Gasteiger partial charge >= 0.3 is 0 Å². The fraction of sp³-hybridized carbons (Fsp3) is 0.136. The fourth-order valence-electron chi connectivity index (χ4n) is 3.34. The van der Waals surface area contributed by atoms with E-state index in [1.165, 1.54) is 18.2 Å². The van der Waals surface area contributed by atoms with Crippen LogP contribution in [0.2, 0.25) is 10.0 Å². The van der Waals surface area contributed by atoms with Gasteiger partial charge in [-0.2, -0.15) is 0 Å². The number of nitrogens with one attached hydrogen (secondary N) is 2. The normalized spacial score (nSPS) is 11.1. The minimum atomic E-state index is -0.618. The maximum absolute atomic E-state index is 12.8. The fourth-order valence-corrected chi connectivity index (χ4v) is 3.83. The lowest BCUT2D eigenvalue weighted by molar-refractivity contribution is 0.0953. The van der Waals surface area contributed by atoms with Gasteiger partial charge in [0, 0.05) is 36.6 Å². The summed E-state index contributed by atoms with van der Waals surface area (Å²) in [6.45, 7) is 1.20. The predicted octanol–water partition coefficient (Wildman–Crippen LogP) is 3.81. The van der Waals surface area contributed by atoms with Crippen LogP contribution in [0.4, 0.5) is 5.69 Å². The zero-order valence-corrected chi connectivity index (χ0v) is 18.2. The summed E-state index contributed by atoms with van der Waals surface area (Å²) < 4.78 is 1.92. The maximum Gasteiger partial charge on any atom is 0.251 e. The van der Waals surface area contributed by atoms with Crippen LogP contribution < -0.4 is 16.5 Å². The number of hydrogen-bond acceptors (Lipinski definition) is 5. The second-order valence-electron chi connectivity index (χ2n) is 7.20. The molecule has 0 aliphatic heterocycles. The van der Waals surface area contributed by atoms with Gasteiger partial charge in [-0.25, -0.2) is 4.98 Å². The molecule has 4 aromatic rings. The molecule has 0 bridgehead atoms. The third kappa shape index (κ3) is 4.28. The smallest absolute Gasteiger partial charge is 0.251 e. The molecule has 5 N–H and O–H groups in total. The van der Waals surface area contributed by atoms with Crippen LogP contribution in [0.15, 0.2) is 53.8 Å². The Balaban J connectivity index is 1.58. The van der Waals surface area contributed by atoms with Gasteiger partial charge in [-0.3, -0.25) is 9.59 Å². The Morgan fingerprint density at radius 1 is 1.22 bits per heavy atom. The molecule has 10 heteroatoms. The van der Waals surface area contributed by atoms with E-state index in [2.05, 4.69) is 15.3 Å². The third-order valence-electron chi connectivity index (χ3n) is 5.04. The molecule has 0 aliphatic rings. The van der Waals surface area contributed by atoms with Gasteiger partial charge in [-0.15, -0.1) is 0 Å². The Morgan fingerprint density at radius 3 is 2.66 bits per heavy atom.